The maximum Gasteiger partial charge on any atom is 0.315 e. The minimum Gasteiger partial charge on any atom is -0.363 e. The van der Waals surface area contributed by atoms with Crippen LogP contribution in [0.25, 0.3) is 0 Å². The summed E-state index contributed by atoms with van der Waals surface area (Å²) in [7, 11) is 0. The molecule has 37 heavy (non-hydrogen) atoms. The van der Waals surface area contributed by atoms with Gasteiger partial charge in [-0.1, -0.05) is 53.7 Å². The Morgan fingerprint density at radius 3 is 2.27 bits per heavy atom. The predicted octanol–water partition coefficient (Wildman–Crippen LogP) is 1.71. The minimum atomic E-state index is -4.41. The highest BCUT2D eigenvalue weighted by Gasteiger charge is 2.70. The van der Waals surface area contributed by atoms with Crippen molar-refractivity contribution < 1.29 is 52.8 Å². The highest BCUT2D eigenvalue weighted by atomic mass is 16.2. The number of hydrogen-bond acceptors (Lipinski definition) is 5. The Bertz CT molecular complexity index is 1610. The van der Waals surface area contributed by atoms with Crippen LogP contribution in [0, 0.1) is 28.6 Å². The summed E-state index contributed by atoms with van der Waals surface area (Å²) in [5.41, 5.74) is -4.41. The van der Waals surface area contributed by atoms with Crippen molar-refractivity contribution >= 4 is 29.5 Å². The number of nitrogens with two attached hydrogens (primary N) is 1. The zero-order valence-electron chi connectivity index (χ0n) is 41.3. The van der Waals surface area contributed by atoms with Crippen LogP contribution in [0.4, 0.5) is 4.79 Å². The van der Waals surface area contributed by atoms with Crippen LogP contribution in [-0.2, 0) is 19.2 Å². The Kier molecular flexibility index (Phi) is 3.11. The van der Waals surface area contributed by atoms with Crippen molar-refractivity contribution in [1.29, 1.82) is 0 Å². The van der Waals surface area contributed by atoms with Gasteiger partial charge < -0.3 is 26.6 Å². The normalized spacial score (nSPS) is 37.9. The van der Waals surface area contributed by atoms with E-state index in [-0.39, 0.29) is 12.8 Å². The topological polar surface area (TPSA) is 151 Å². The quantitative estimate of drug-likeness (QED) is 0.346. The molecule has 0 aromatic rings. The number of ketones is 1. The molecule has 10 nitrogen and oxygen atoms in total. The van der Waals surface area contributed by atoms with E-state index >= 15 is 0 Å². The maximum absolute atomic E-state index is 14.8. The van der Waals surface area contributed by atoms with E-state index in [1.165, 1.54) is 10.6 Å². The summed E-state index contributed by atoms with van der Waals surface area (Å²) in [6, 6.07) is -11.3. The van der Waals surface area contributed by atoms with Gasteiger partial charge in [0.25, 0.3) is 5.91 Å². The van der Waals surface area contributed by atoms with Gasteiger partial charge in [0.05, 0.1) is 7.39 Å². The molecule has 5 N–H and O–H groups in total. The number of piperidine rings is 1. The lowest BCUT2D eigenvalue weighted by molar-refractivity contribution is -0.145. The SMILES string of the molecule is [2H]C([2H])([2H])C(NC(=O)N[C@H](C(=O)N1C[C@H]2[C@@H]([C@H]1C(=O)N[C@@]([2H])(C(=O)C(N)=O)C([2H])([2H])C1CCC1)C2(C)C)C(C([2H])([2H])[2H])(C([2H])([2H])[2H])C([2H])([2H])[2H])(C([2H])([2H])[2H])C([2H])([2H])[2H]. The molecule has 5 amide bonds. The Hall–Kier alpha value is -2.65. The number of nitrogens with zero attached hydrogens (tertiary/aromatic N) is 1. The molecule has 5 atom stereocenters. The summed E-state index contributed by atoms with van der Waals surface area (Å²) >= 11 is 0. The summed E-state index contributed by atoms with van der Waals surface area (Å²) in [6.07, 6.45) is -2.30. The molecule has 2 saturated carbocycles. The van der Waals surface area contributed by atoms with Crippen LogP contribution in [0.15, 0.2) is 0 Å². The van der Waals surface area contributed by atoms with Gasteiger partial charge in [0.15, 0.2) is 0 Å². The van der Waals surface area contributed by atoms with Gasteiger partial charge in [-0.05, 0) is 55.5 Å². The molecule has 1 heterocycles. The predicted molar refractivity (Wildman–Crippen MR) is 139 cm³/mol. The fourth-order valence-corrected chi connectivity index (χ4v) is 4.91. The van der Waals surface area contributed by atoms with Crippen LogP contribution < -0.4 is 21.7 Å². The third-order valence-electron chi connectivity index (χ3n) is 7.17. The van der Waals surface area contributed by atoms with Crippen molar-refractivity contribution in [3.8, 4) is 0 Å². The first-order valence-corrected chi connectivity index (χ1v) is 11.5. The van der Waals surface area contributed by atoms with Crippen LogP contribution in [0.5, 0.6) is 0 Å². The molecule has 10 heteroatoms. The summed E-state index contributed by atoms with van der Waals surface area (Å²) in [4.78, 5) is 68.5. The van der Waals surface area contributed by atoms with E-state index in [4.69, 9.17) is 34.5 Å². The number of fused-ring (bicyclic) bond motifs is 1. The summed E-state index contributed by atoms with van der Waals surface area (Å²) < 4.78 is 170. The maximum atomic E-state index is 14.8. The number of carbonyl (C=O) groups excluding carboxylic acids is 5. The van der Waals surface area contributed by atoms with Crippen molar-refractivity contribution in [3.05, 3.63) is 0 Å². The fraction of sp³-hybridized carbons (Fsp3) is 0.815. The van der Waals surface area contributed by atoms with Crippen LogP contribution in [0.1, 0.15) is 109 Å². The number of Topliss-reactive ketones (excluding diaryl/α,β-unsaturated/α-hetero) is 1. The number of amides is 5. The third kappa shape index (κ3) is 6.26. The van der Waals surface area contributed by atoms with Crippen molar-refractivity contribution in [2.75, 3.05) is 6.54 Å². The van der Waals surface area contributed by atoms with Crippen molar-refractivity contribution in [3.63, 3.8) is 0 Å². The van der Waals surface area contributed by atoms with E-state index in [0.29, 0.717) is 11.3 Å². The lowest BCUT2D eigenvalue weighted by Crippen LogP contribution is -2.62. The molecule has 0 unspecified atom stereocenters. The summed E-state index contributed by atoms with van der Waals surface area (Å²) in [5, 5.41) is 4.54. The first-order valence-electron chi connectivity index (χ1n) is 22.0. The molecule has 3 aliphatic rings. The second-order valence-corrected chi connectivity index (χ2v) is 10.3. The molecule has 3 rings (SSSR count). The molecule has 3 fully saturated rings. The number of likely N-dealkylation sites (tertiary alicyclic amines) is 1. The Morgan fingerprint density at radius 1 is 1.11 bits per heavy atom. The molecule has 0 radical (unpaired) electrons. The Balaban J connectivity index is 2.33. The van der Waals surface area contributed by atoms with Crippen LogP contribution >= 0.6 is 0 Å². The largest absolute Gasteiger partial charge is 0.363 e. The molecule has 2 aliphatic carbocycles. The average Bonchev–Trinajstić information content (AvgIpc) is 3.24. The van der Waals surface area contributed by atoms with Gasteiger partial charge in [-0.25, -0.2) is 4.79 Å². The van der Waals surface area contributed by atoms with Crippen molar-refractivity contribution in [2.24, 2.45) is 34.3 Å². The summed E-state index contributed by atoms with van der Waals surface area (Å²) in [6.45, 7) is -23.0. The Morgan fingerprint density at radius 2 is 1.76 bits per heavy atom. The van der Waals surface area contributed by atoms with Crippen LogP contribution in [0.3, 0.4) is 0 Å². The lowest BCUT2D eigenvalue weighted by Gasteiger charge is -2.38. The van der Waals surface area contributed by atoms with E-state index in [2.05, 4.69) is 0 Å². The number of carbonyl (C=O) groups is 5. The molecular weight excluding hydrogens is 474 g/mol. The zero-order valence-corrected chi connectivity index (χ0v) is 20.3. The number of nitrogens with one attached hydrogen (secondary N) is 3. The Labute approximate surface area is 249 Å². The zero-order chi connectivity index (χ0) is 45.8. The van der Waals surface area contributed by atoms with Gasteiger partial charge in [-0.3, -0.25) is 19.2 Å². The molecule has 0 aromatic heterocycles. The molecule has 0 bridgehead atoms. The highest BCUT2D eigenvalue weighted by molar-refractivity contribution is 6.37. The van der Waals surface area contributed by atoms with Crippen molar-refractivity contribution in [1.82, 2.24) is 20.9 Å². The van der Waals surface area contributed by atoms with E-state index < -0.39 is 136 Å². The number of urea groups is 1. The number of hydrogen-bond donors (Lipinski definition) is 4. The minimum absolute atomic E-state index is 0.116. The van der Waals surface area contributed by atoms with Gasteiger partial charge in [0.2, 0.25) is 17.6 Å². The van der Waals surface area contributed by atoms with E-state index in [9.17, 15) is 24.0 Å². The molecule has 208 valence electrons. The first kappa shape index (κ1) is 11.6. The van der Waals surface area contributed by atoms with E-state index in [0.717, 1.165) is 0 Å². The highest BCUT2D eigenvalue weighted by Crippen LogP contribution is 2.65. The van der Waals surface area contributed by atoms with E-state index in [1.54, 1.807) is 13.8 Å². The molecule has 0 aromatic carbocycles. The van der Waals surface area contributed by atoms with Gasteiger partial charge in [-0.2, -0.15) is 0 Å². The fourth-order valence-electron chi connectivity index (χ4n) is 4.91. The first-order chi connectivity index (χ1) is 25.5. The monoisotopic (exact) mass is 540 g/mol. The van der Waals surface area contributed by atoms with Gasteiger partial charge in [0.1, 0.15) is 12.1 Å². The standard InChI is InChI=1S/C27H45N5O5/c1-25(2,3)20(30-24(37)31-26(4,5)6)23(36)32-13-15-17(27(15,7)8)18(32)22(35)29-16(19(33)21(28)34)12-14-10-9-11-14/h14-18,20H,9-13H2,1-8H3,(H2,28,34)(H,29,35)(H2,30,31,37)/t15-,16+,17-,18-,20+/m0/s1/i1D3,2D3,3D3,4D3,5D3,6D3,12D2,16D. The summed E-state index contributed by atoms with van der Waals surface area (Å²) in [5.74, 6) is -10.1. The second kappa shape index (κ2) is 9.91. The molecule has 1 aliphatic heterocycles. The third-order valence-corrected chi connectivity index (χ3v) is 7.17. The molecule has 0 spiro atoms. The average molecular weight is 541 g/mol. The second-order valence-electron chi connectivity index (χ2n) is 10.3. The van der Waals surface area contributed by atoms with E-state index in [1.807, 2.05) is 5.32 Å². The van der Waals surface area contributed by atoms with Crippen LogP contribution in [-0.4, -0.2) is 64.6 Å². The van der Waals surface area contributed by atoms with Gasteiger partial charge >= 0.3 is 6.03 Å². The van der Waals surface area contributed by atoms with Gasteiger partial charge in [0, 0.05) is 39.5 Å². The molecular formula is C27H45N5O5. The smallest absolute Gasteiger partial charge is 0.315 e. The van der Waals surface area contributed by atoms with Gasteiger partial charge in [-0.15, -0.1) is 0 Å². The van der Waals surface area contributed by atoms with Crippen molar-refractivity contribution in [2.45, 2.75) is 104 Å². The number of primary amides is 1. The molecule has 1 saturated heterocycles. The number of rotatable bonds is 8. The van der Waals surface area contributed by atoms with Crippen LogP contribution in [0.2, 0.25) is 0 Å². The lowest BCUT2D eigenvalue weighted by atomic mass is 9.80.